The van der Waals surface area contributed by atoms with E-state index >= 15 is 0 Å². The largest absolute Gasteiger partial charge is 0.351 e. The lowest BCUT2D eigenvalue weighted by molar-refractivity contribution is -0.139. The van der Waals surface area contributed by atoms with Crippen LogP contribution in [-0.4, -0.2) is 70.2 Å². The molecule has 0 unspecified atom stereocenters. The standard InChI is InChI=1S/C26H39N5O5/c1-16(2)14-21(22(33)28-18(4)15-19(5)32)31-23(34)26(6,7)30(25(31)36)13-12-27-24(35)29-20-11-9-8-10-17(20)3/h8-11,16,18,21H,12-15H2,1-7H3,(H,28,33)(H2,27,29,35)/t18-,21+/m1/s1. The predicted molar refractivity (Wildman–Crippen MR) is 137 cm³/mol. The molecule has 0 radical (unpaired) electrons. The molecule has 1 fully saturated rings. The Morgan fingerprint density at radius 3 is 2.28 bits per heavy atom. The lowest BCUT2D eigenvalue weighted by atomic mass is 9.99. The smallest absolute Gasteiger partial charge is 0.328 e. The Balaban J connectivity index is 2.11. The quantitative estimate of drug-likeness (QED) is 0.402. The third-order valence-electron chi connectivity index (χ3n) is 6.16. The van der Waals surface area contributed by atoms with E-state index in [2.05, 4.69) is 16.0 Å². The second-order valence-corrected chi connectivity index (χ2v) is 10.3. The van der Waals surface area contributed by atoms with Gasteiger partial charge in [-0.1, -0.05) is 32.0 Å². The Labute approximate surface area is 213 Å². The predicted octanol–water partition coefficient (Wildman–Crippen LogP) is 3.06. The summed E-state index contributed by atoms with van der Waals surface area (Å²) in [6, 6.07) is 4.94. The molecule has 1 aromatic rings. The molecule has 36 heavy (non-hydrogen) atoms. The van der Waals surface area contributed by atoms with Gasteiger partial charge in [-0.3, -0.25) is 14.4 Å². The molecule has 0 spiro atoms. The van der Waals surface area contributed by atoms with Crippen LogP contribution in [0.1, 0.15) is 59.9 Å². The van der Waals surface area contributed by atoms with Crippen molar-refractivity contribution in [1.29, 1.82) is 0 Å². The molecule has 10 heteroatoms. The first-order valence-electron chi connectivity index (χ1n) is 12.3. The molecule has 0 aliphatic carbocycles. The number of urea groups is 2. The van der Waals surface area contributed by atoms with Crippen molar-refractivity contribution in [3.05, 3.63) is 29.8 Å². The minimum absolute atomic E-state index is 0.0356. The number of benzene rings is 1. The van der Waals surface area contributed by atoms with Gasteiger partial charge in [-0.15, -0.1) is 0 Å². The maximum absolute atomic E-state index is 13.4. The molecule has 1 aliphatic heterocycles. The molecule has 1 aliphatic rings. The molecule has 1 heterocycles. The summed E-state index contributed by atoms with van der Waals surface area (Å²) in [6.07, 6.45) is 0.451. The summed E-state index contributed by atoms with van der Waals surface area (Å²) in [5.74, 6) is -0.972. The van der Waals surface area contributed by atoms with Crippen LogP contribution in [0, 0.1) is 12.8 Å². The van der Waals surface area contributed by atoms with Crippen LogP contribution >= 0.6 is 0 Å². The van der Waals surface area contributed by atoms with Crippen LogP contribution in [-0.2, 0) is 14.4 Å². The maximum atomic E-state index is 13.4. The summed E-state index contributed by atoms with van der Waals surface area (Å²) in [5.41, 5.74) is 0.401. The summed E-state index contributed by atoms with van der Waals surface area (Å²) < 4.78 is 0. The zero-order valence-electron chi connectivity index (χ0n) is 22.3. The summed E-state index contributed by atoms with van der Waals surface area (Å²) in [7, 11) is 0. The van der Waals surface area contributed by atoms with Gasteiger partial charge in [0.15, 0.2) is 0 Å². The van der Waals surface area contributed by atoms with Gasteiger partial charge in [0.25, 0.3) is 5.91 Å². The normalized spacial score (nSPS) is 16.7. The number of hydrogen-bond acceptors (Lipinski definition) is 5. The molecule has 6 amide bonds. The summed E-state index contributed by atoms with van der Waals surface area (Å²) in [5, 5.41) is 8.25. The summed E-state index contributed by atoms with van der Waals surface area (Å²) in [6.45, 7) is 12.3. The summed E-state index contributed by atoms with van der Waals surface area (Å²) in [4.78, 5) is 66.0. The van der Waals surface area contributed by atoms with Crippen LogP contribution < -0.4 is 16.0 Å². The lowest BCUT2D eigenvalue weighted by Crippen LogP contribution is -2.53. The minimum atomic E-state index is -1.19. The fourth-order valence-electron chi connectivity index (χ4n) is 4.27. The highest BCUT2D eigenvalue weighted by Gasteiger charge is 2.54. The van der Waals surface area contributed by atoms with Crippen LogP contribution in [0.3, 0.4) is 0 Å². The number of hydrogen-bond donors (Lipinski definition) is 3. The molecule has 3 N–H and O–H groups in total. The van der Waals surface area contributed by atoms with Gasteiger partial charge in [0.1, 0.15) is 17.4 Å². The second kappa shape index (κ2) is 12.0. The zero-order chi connectivity index (χ0) is 27.2. The van der Waals surface area contributed by atoms with Crippen molar-refractivity contribution in [2.24, 2.45) is 5.92 Å². The number of Topliss-reactive ketones (excluding diaryl/α,β-unsaturated/α-hetero) is 1. The number of imide groups is 1. The number of aryl methyl sites for hydroxylation is 1. The SMILES string of the molecule is CC(=O)C[C@@H](C)NC(=O)[C@H](CC(C)C)N1C(=O)N(CCNC(=O)Nc2ccccc2C)C(C)(C)C1=O. The molecule has 2 atom stereocenters. The second-order valence-electron chi connectivity index (χ2n) is 10.3. The van der Waals surface area contributed by atoms with Crippen LogP contribution in [0.4, 0.5) is 15.3 Å². The van der Waals surface area contributed by atoms with Crippen LogP contribution in [0.2, 0.25) is 0 Å². The van der Waals surface area contributed by atoms with E-state index in [4.69, 9.17) is 0 Å². The van der Waals surface area contributed by atoms with E-state index in [1.54, 1.807) is 26.8 Å². The molecule has 0 aromatic heterocycles. The molecule has 0 bridgehead atoms. The van der Waals surface area contributed by atoms with Gasteiger partial charge in [0.2, 0.25) is 5.91 Å². The third-order valence-corrected chi connectivity index (χ3v) is 6.16. The number of ketones is 1. The number of nitrogens with zero attached hydrogens (tertiary/aromatic N) is 2. The highest BCUT2D eigenvalue weighted by molar-refractivity contribution is 6.09. The highest BCUT2D eigenvalue weighted by Crippen LogP contribution is 2.31. The van der Waals surface area contributed by atoms with E-state index in [1.807, 2.05) is 39.0 Å². The van der Waals surface area contributed by atoms with Gasteiger partial charge in [-0.2, -0.15) is 0 Å². The Morgan fingerprint density at radius 1 is 1.06 bits per heavy atom. The van der Waals surface area contributed by atoms with Crippen molar-refractivity contribution < 1.29 is 24.0 Å². The van der Waals surface area contributed by atoms with Crippen LogP contribution in [0.15, 0.2) is 24.3 Å². The number of rotatable bonds is 11. The van der Waals surface area contributed by atoms with E-state index in [0.29, 0.717) is 5.69 Å². The van der Waals surface area contributed by atoms with Crippen molar-refractivity contribution >= 4 is 35.3 Å². The fraction of sp³-hybridized carbons (Fsp3) is 0.577. The first-order valence-corrected chi connectivity index (χ1v) is 12.3. The highest BCUT2D eigenvalue weighted by atomic mass is 16.2. The molecule has 198 valence electrons. The molecule has 2 rings (SSSR count). The molecule has 0 saturated carbocycles. The minimum Gasteiger partial charge on any atom is -0.351 e. The van der Waals surface area contributed by atoms with Crippen molar-refractivity contribution in [2.45, 2.75) is 78.9 Å². The van der Waals surface area contributed by atoms with E-state index in [0.717, 1.165) is 10.5 Å². The van der Waals surface area contributed by atoms with Crippen molar-refractivity contribution in [3.63, 3.8) is 0 Å². The zero-order valence-corrected chi connectivity index (χ0v) is 22.3. The average Bonchev–Trinajstić information content (AvgIpc) is 2.92. The van der Waals surface area contributed by atoms with Gasteiger partial charge < -0.3 is 20.9 Å². The van der Waals surface area contributed by atoms with E-state index in [9.17, 15) is 24.0 Å². The summed E-state index contributed by atoms with van der Waals surface area (Å²) >= 11 is 0. The lowest BCUT2D eigenvalue weighted by Gasteiger charge is -2.28. The first-order chi connectivity index (χ1) is 16.7. The number of carbonyl (C=O) groups excluding carboxylic acids is 5. The Morgan fingerprint density at radius 2 is 1.69 bits per heavy atom. The average molecular weight is 502 g/mol. The van der Waals surface area contributed by atoms with Crippen molar-refractivity contribution in [2.75, 3.05) is 18.4 Å². The van der Waals surface area contributed by atoms with E-state index < -0.39 is 41.5 Å². The van der Waals surface area contributed by atoms with Gasteiger partial charge >= 0.3 is 12.1 Å². The third kappa shape index (κ3) is 7.05. The molecule has 10 nitrogen and oxygen atoms in total. The fourth-order valence-corrected chi connectivity index (χ4v) is 4.27. The Hall–Kier alpha value is -3.43. The number of nitrogens with one attached hydrogen (secondary N) is 3. The van der Waals surface area contributed by atoms with Crippen LogP contribution in [0.5, 0.6) is 0 Å². The van der Waals surface area contributed by atoms with Crippen molar-refractivity contribution in [3.8, 4) is 0 Å². The van der Waals surface area contributed by atoms with E-state index in [1.165, 1.54) is 11.8 Å². The number of para-hydroxylation sites is 1. The topological polar surface area (TPSA) is 128 Å². The molecular formula is C26H39N5O5. The van der Waals surface area contributed by atoms with Crippen molar-refractivity contribution in [1.82, 2.24) is 20.4 Å². The monoisotopic (exact) mass is 501 g/mol. The molecular weight excluding hydrogens is 462 g/mol. The maximum Gasteiger partial charge on any atom is 0.328 e. The number of amides is 6. The van der Waals surface area contributed by atoms with Gasteiger partial charge in [0, 0.05) is 31.2 Å². The Kier molecular flexibility index (Phi) is 9.61. The number of anilines is 1. The Bertz CT molecular complexity index is 1010. The number of carbonyl (C=O) groups is 5. The van der Waals surface area contributed by atoms with Gasteiger partial charge in [0.05, 0.1) is 0 Å². The molecule has 1 saturated heterocycles. The van der Waals surface area contributed by atoms with Gasteiger partial charge in [-0.25, -0.2) is 14.5 Å². The molecule has 1 aromatic carbocycles. The van der Waals surface area contributed by atoms with E-state index in [-0.39, 0.29) is 37.6 Å². The first kappa shape index (κ1) is 28.8. The van der Waals surface area contributed by atoms with Crippen LogP contribution in [0.25, 0.3) is 0 Å². The van der Waals surface area contributed by atoms with Gasteiger partial charge in [-0.05, 0) is 58.6 Å².